The summed E-state index contributed by atoms with van der Waals surface area (Å²) in [6.45, 7) is 2.94. The Morgan fingerprint density at radius 2 is 1.63 bits per heavy atom. The molecule has 0 unspecified atom stereocenters. The first-order valence-corrected chi connectivity index (χ1v) is 18.6. The number of hydrogen-bond donors (Lipinski definition) is 6. The second-order valence-corrected chi connectivity index (χ2v) is 14.7. The van der Waals surface area contributed by atoms with Crippen molar-refractivity contribution in [2.45, 2.75) is 50.7 Å². The lowest BCUT2D eigenvalue weighted by Crippen LogP contribution is -2.48. The Kier molecular flexibility index (Phi) is 12.4. The smallest absolute Gasteiger partial charge is 0.411 e. The number of aromatic hydroxyl groups is 1. The molecule has 0 spiro atoms. The number of aromatic nitrogens is 1. The molecule has 0 radical (unpaired) electrons. The highest BCUT2D eigenvalue weighted by Crippen LogP contribution is 2.31. The number of aliphatic hydroxyl groups excluding tert-OH is 1. The van der Waals surface area contributed by atoms with E-state index in [1.807, 2.05) is 72.8 Å². The highest BCUT2D eigenvalue weighted by atomic mass is 16.6. The zero-order valence-corrected chi connectivity index (χ0v) is 30.9. The standard InChI is InChI=1S/C43H49N5O6/c1-48(2)25-22-33(23-26-48)54-43(53)46-37-27-30(12-16-34(37)31-8-4-3-5-9-31)13-20-40(51)45-32-14-10-29(11-15-32)7-6-24-44-28-39(50)35-17-19-38(49)42-36(35)18-21-41(52)47-42/h3-5,8-12,14-19,21,27,33,39,44,50H,6-7,13,20,22-26,28H2,1-2H3,(H3-,45,46,47,49,51,52,53)/p+1/t39-/m1/s1. The summed E-state index contributed by atoms with van der Waals surface area (Å²) in [6, 6.07) is 29.7. The first-order valence-electron chi connectivity index (χ1n) is 18.6. The van der Waals surface area contributed by atoms with Crippen LogP contribution in [0.5, 0.6) is 5.75 Å². The van der Waals surface area contributed by atoms with Crippen LogP contribution in [-0.2, 0) is 22.4 Å². The molecule has 0 bridgehead atoms. The number of phenols is 1. The molecule has 1 fully saturated rings. The van der Waals surface area contributed by atoms with Gasteiger partial charge in [-0.3, -0.25) is 14.9 Å². The monoisotopic (exact) mass is 732 g/mol. The van der Waals surface area contributed by atoms with Gasteiger partial charge in [-0.2, -0.15) is 0 Å². The Labute approximate surface area is 315 Å². The third-order valence-corrected chi connectivity index (χ3v) is 10.1. The number of H-pyrrole nitrogens is 1. The van der Waals surface area contributed by atoms with E-state index in [0.717, 1.165) is 71.2 Å². The van der Waals surface area contributed by atoms with Crippen LogP contribution >= 0.6 is 0 Å². The predicted molar refractivity (Wildman–Crippen MR) is 213 cm³/mol. The fourth-order valence-electron chi connectivity index (χ4n) is 6.92. The molecule has 1 atom stereocenters. The molecule has 2 amide bonds. The van der Waals surface area contributed by atoms with E-state index in [-0.39, 0.29) is 29.7 Å². The number of amides is 2. The third kappa shape index (κ3) is 10.3. The van der Waals surface area contributed by atoms with Crippen molar-refractivity contribution in [1.29, 1.82) is 0 Å². The van der Waals surface area contributed by atoms with Crippen LogP contribution in [0.25, 0.3) is 22.0 Å². The fraction of sp³-hybridized carbons (Fsp3) is 0.326. The molecule has 1 aromatic heterocycles. The van der Waals surface area contributed by atoms with Crippen LogP contribution in [0.2, 0.25) is 0 Å². The summed E-state index contributed by atoms with van der Waals surface area (Å²) in [5, 5.41) is 30.7. The normalized spacial score (nSPS) is 14.7. The number of nitrogens with zero attached hydrogens (tertiary/aromatic N) is 1. The predicted octanol–water partition coefficient (Wildman–Crippen LogP) is 6.52. The van der Waals surface area contributed by atoms with Gasteiger partial charge in [-0.05, 0) is 78.4 Å². The number of piperidine rings is 1. The number of quaternary nitrogens is 1. The van der Waals surface area contributed by atoms with Crippen molar-refractivity contribution < 1.29 is 29.0 Å². The van der Waals surface area contributed by atoms with Crippen LogP contribution in [0.15, 0.2) is 102 Å². The van der Waals surface area contributed by atoms with Crippen molar-refractivity contribution in [3.8, 4) is 16.9 Å². The van der Waals surface area contributed by atoms with Crippen molar-refractivity contribution in [3.05, 3.63) is 124 Å². The highest BCUT2D eigenvalue weighted by molar-refractivity contribution is 5.93. The summed E-state index contributed by atoms with van der Waals surface area (Å²) in [4.78, 5) is 40.2. The lowest BCUT2D eigenvalue weighted by Gasteiger charge is -2.36. The minimum Gasteiger partial charge on any atom is -0.506 e. The first kappa shape index (κ1) is 38.2. The molecular formula is C43H50N5O6+. The minimum atomic E-state index is -0.809. The number of carbonyl (C=O) groups excluding carboxylic acids is 2. The number of pyridine rings is 1. The summed E-state index contributed by atoms with van der Waals surface area (Å²) in [5.41, 5.74) is 5.93. The van der Waals surface area contributed by atoms with E-state index in [0.29, 0.717) is 41.7 Å². The van der Waals surface area contributed by atoms with Gasteiger partial charge in [0.25, 0.3) is 0 Å². The number of ether oxygens (including phenoxy) is 1. The number of aromatic amines is 1. The Morgan fingerprint density at radius 3 is 2.39 bits per heavy atom. The van der Waals surface area contributed by atoms with Crippen LogP contribution in [0.4, 0.5) is 16.2 Å². The highest BCUT2D eigenvalue weighted by Gasteiger charge is 2.28. The summed E-state index contributed by atoms with van der Waals surface area (Å²) < 4.78 is 6.75. The van der Waals surface area contributed by atoms with Crippen molar-refractivity contribution >= 4 is 34.3 Å². The van der Waals surface area contributed by atoms with Crippen LogP contribution in [0.1, 0.15) is 48.5 Å². The number of hydrogen-bond acceptors (Lipinski definition) is 7. The van der Waals surface area contributed by atoms with Crippen LogP contribution in [0.3, 0.4) is 0 Å². The number of nitrogens with one attached hydrogen (secondary N) is 4. The van der Waals surface area contributed by atoms with Gasteiger partial charge in [-0.1, -0.05) is 60.7 Å². The molecule has 6 N–H and O–H groups in total. The topological polar surface area (TPSA) is 153 Å². The molecule has 1 saturated heterocycles. The number of carbonyl (C=O) groups is 2. The Hall–Kier alpha value is -5.49. The Balaban J connectivity index is 0.957. The van der Waals surface area contributed by atoms with Gasteiger partial charge < -0.3 is 35.1 Å². The van der Waals surface area contributed by atoms with Crippen LogP contribution in [-0.4, -0.2) is 78.1 Å². The molecule has 2 heterocycles. The fourth-order valence-corrected chi connectivity index (χ4v) is 6.92. The molecular weight excluding hydrogens is 683 g/mol. The van der Waals surface area contributed by atoms with Gasteiger partial charge in [0.1, 0.15) is 11.9 Å². The van der Waals surface area contributed by atoms with Crippen LogP contribution in [0, 0.1) is 0 Å². The lowest BCUT2D eigenvalue weighted by molar-refractivity contribution is -0.896. The Bertz CT molecular complexity index is 2110. The van der Waals surface area contributed by atoms with Gasteiger partial charge in [-0.15, -0.1) is 0 Å². The maximum atomic E-state index is 13.0. The molecule has 1 aliphatic heterocycles. The van der Waals surface area contributed by atoms with Crippen molar-refractivity contribution in [2.75, 3.05) is 50.9 Å². The number of fused-ring (bicyclic) bond motifs is 1. The van der Waals surface area contributed by atoms with E-state index in [1.165, 1.54) is 12.1 Å². The van der Waals surface area contributed by atoms with Crippen molar-refractivity contribution in [3.63, 3.8) is 0 Å². The van der Waals surface area contributed by atoms with E-state index in [4.69, 9.17) is 4.74 Å². The summed E-state index contributed by atoms with van der Waals surface area (Å²) in [5.74, 6) is -0.137. The maximum absolute atomic E-state index is 13.0. The van der Waals surface area contributed by atoms with E-state index in [2.05, 4.69) is 35.0 Å². The molecule has 0 aliphatic carbocycles. The third-order valence-electron chi connectivity index (χ3n) is 10.1. The van der Waals surface area contributed by atoms with Gasteiger partial charge in [0.05, 0.1) is 44.5 Å². The molecule has 1 aliphatic rings. The van der Waals surface area contributed by atoms with Gasteiger partial charge in [-0.25, -0.2) is 4.79 Å². The number of rotatable bonds is 14. The molecule has 4 aromatic carbocycles. The van der Waals surface area contributed by atoms with Gasteiger partial charge >= 0.3 is 6.09 Å². The molecule has 282 valence electrons. The van der Waals surface area contributed by atoms with Gasteiger partial charge in [0, 0.05) is 48.5 Å². The second-order valence-electron chi connectivity index (χ2n) is 14.7. The maximum Gasteiger partial charge on any atom is 0.411 e. The average Bonchev–Trinajstić information content (AvgIpc) is 3.16. The number of aryl methyl sites for hydroxylation is 2. The van der Waals surface area contributed by atoms with E-state index in [1.54, 1.807) is 12.1 Å². The second kappa shape index (κ2) is 17.6. The molecule has 0 saturated carbocycles. The largest absolute Gasteiger partial charge is 0.506 e. The molecule has 11 nitrogen and oxygen atoms in total. The van der Waals surface area contributed by atoms with Gasteiger partial charge in [0.15, 0.2) is 0 Å². The molecule has 5 aromatic rings. The van der Waals surface area contributed by atoms with E-state index < -0.39 is 12.2 Å². The summed E-state index contributed by atoms with van der Waals surface area (Å²) in [6.07, 6.45) is 2.75. The van der Waals surface area contributed by atoms with Gasteiger partial charge in [0.2, 0.25) is 11.5 Å². The number of aliphatic hydroxyl groups is 1. The SMILES string of the molecule is C[N+]1(C)CCC(OC(=O)Nc2cc(CCC(=O)Nc3ccc(CCCNC[C@@H](O)c4ccc(O)c5[nH]c(=O)ccc45)cc3)ccc2-c2ccccc2)CC1. The molecule has 54 heavy (non-hydrogen) atoms. The van der Waals surface area contributed by atoms with Crippen molar-refractivity contribution in [2.24, 2.45) is 0 Å². The minimum absolute atomic E-state index is 0.0383. The number of anilines is 2. The number of likely N-dealkylation sites (tertiary alicyclic amines) is 1. The summed E-state index contributed by atoms with van der Waals surface area (Å²) in [7, 11) is 4.39. The zero-order valence-electron chi connectivity index (χ0n) is 30.9. The van der Waals surface area contributed by atoms with E-state index >= 15 is 0 Å². The Morgan fingerprint density at radius 1 is 0.889 bits per heavy atom. The average molecular weight is 733 g/mol. The first-order chi connectivity index (χ1) is 26.0. The molecule has 6 rings (SSSR count). The number of phenolic OH excluding ortho intramolecular Hbond substituents is 1. The zero-order chi connectivity index (χ0) is 38.1. The lowest BCUT2D eigenvalue weighted by atomic mass is 9.99. The number of benzene rings is 4. The van der Waals surface area contributed by atoms with Crippen LogP contribution < -0.4 is 21.5 Å². The summed E-state index contributed by atoms with van der Waals surface area (Å²) >= 11 is 0. The van der Waals surface area contributed by atoms with Crippen molar-refractivity contribution in [1.82, 2.24) is 10.3 Å². The quantitative estimate of drug-likeness (QED) is 0.0562. The molecule has 11 heteroatoms. The van der Waals surface area contributed by atoms with E-state index in [9.17, 15) is 24.6 Å².